The molecule has 2 heterocycles. The van der Waals surface area contributed by atoms with Crippen LogP contribution < -0.4 is 10.6 Å². The van der Waals surface area contributed by atoms with Crippen LogP contribution in [0.3, 0.4) is 0 Å². The highest BCUT2D eigenvalue weighted by molar-refractivity contribution is 7.19. The maximum absolute atomic E-state index is 11.6. The third-order valence-electron chi connectivity index (χ3n) is 4.36. The molecular formula is C16H23N3OS. The number of anilines is 2. The van der Waals surface area contributed by atoms with Crippen LogP contribution in [-0.2, 0) is 0 Å². The van der Waals surface area contributed by atoms with Crippen LogP contribution in [0.2, 0.25) is 0 Å². The summed E-state index contributed by atoms with van der Waals surface area (Å²) in [5.41, 5.74) is 6.81. The third kappa shape index (κ3) is 3.21. The number of carbonyl (C=O) groups excluding carboxylic acids is 1. The van der Waals surface area contributed by atoms with Crippen molar-refractivity contribution >= 4 is 27.8 Å². The number of nitrogens with two attached hydrogens (primary N) is 1. The molecule has 0 saturated carbocycles. The van der Waals surface area contributed by atoms with Gasteiger partial charge in [0.1, 0.15) is 16.6 Å². The summed E-state index contributed by atoms with van der Waals surface area (Å²) in [6.07, 6.45) is 3.49. The number of nitrogen functional groups attached to an aromatic ring is 1. The van der Waals surface area contributed by atoms with E-state index < -0.39 is 0 Å². The summed E-state index contributed by atoms with van der Waals surface area (Å²) in [4.78, 5) is 14.4. The van der Waals surface area contributed by atoms with E-state index in [1.807, 2.05) is 0 Å². The molecule has 0 bridgehead atoms. The molecule has 2 N–H and O–H groups in total. The molecule has 1 aliphatic heterocycles. The van der Waals surface area contributed by atoms with Gasteiger partial charge in [0.2, 0.25) is 0 Å². The van der Waals surface area contributed by atoms with Crippen molar-refractivity contribution in [3.63, 3.8) is 0 Å². The van der Waals surface area contributed by atoms with Gasteiger partial charge in [0.05, 0.1) is 10.6 Å². The quantitative estimate of drug-likeness (QED) is 0.865. The summed E-state index contributed by atoms with van der Waals surface area (Å²) < 4.78 is 0. The highest BCUT2D eigenvalue weighted by atomic mass is 32.1. The zero-order valence-electron chi connectivity index (χ0n) is 13.0. The zero-order chi connectivity index (χ0) is 15.6. The molecule has 2 rings (SSSR count). The Morgan fingerprint density at radius 3 is 2.71 bits per heavy atom. The van der Waals surface area contributed by atoms with Gasteiger partial charge in [-0.05, 0) is 31.1 Å². The van der Waals surface area contributed by atoms with E-state index >= 15 is 0 Å². The predicted octanol–water partition coefficient (Wildman–Crippen LogP) is 3.67. The Labute approximate surface area is 130 Å². The van der Waals surface area contributed by atoms with Crippen LogP contribution in [0.5, 0.6) is 0 Å². The zero-order valence-corrected chi connectivity index (χ0v) is 13.8. The molecule has 1 aromatic heterocycles. The van der Waals surface area contributed by atoms with Gasteiger partial charge in [-0.2, -0.15) is 5.26 Å². The smallest absolute Gasteiger partial charge is 0.171 e. The summed E-state index contributed by atoms with van der Waals surface area (Å²) in [6, 6.07) is 2.18. The number of nitrogens with zero attached hydrogens (tertiary/aromatic N) is 2. The van der Waals surface area contributed by atoms with Crippen LogP contribution in [0.15, 0.2) is 0 Å². The lowest BCUT2D eigenvalue weighted by Crippen LogP contribution is -2.24. The summed E-state index contributed by atoms with van der Waals surface area (Å²) >= 11 is 1.37. The molecule has 0 aromatic carbocycles. The largest absolute Gasteiger partial charge is 0.396 e. The number of ketones is 1. The number of thiophene rings is 1. The fourth-order valence-electron chi connectivity index (χ4n) is 3.02. The van der Waals surface area contributed by atoms with Crippen molar-refractivity contribution < 1.29 is 4.79 Å². The van der Waals surface area contributed by atoms with E-state index in [1.54, 1.807) is 0 Å². The van der Waals surface area contributed by atoms with Gasteiger partial charge in [-0.25, -0.2) is 0 Å². The maximum atomic E-state index is 11.6. The van der Waals surface area contributed by atoms with E-state index in [0.717, 1.165) is 36.9 Å². The number of rotatable bonds is 3. The molecule has 1 aromatic rings. The second kappa shape index (κ2) is 6.48. The number of carbonyl (C=O) groups is 1. The summed E-state index contributed by atoms with van der Waals surface area (Å²) in [6.45, 7) is 7.93. The number of nitriles is 1. The maximum Gasteiger partial charge on any atom is 0.171 e. The fourth-order valence-corrected chi connectivity index (χ4v) is 4.13. The van der Waals surface area contributed by atoms with E-state index in [2.05, 4.69) is 24.8 Å². The third-order valence-corrected chi connectivity index (χ3v) is 5.73. The van der Waals surface area contributed by atoms with Crippen molar-refractivity contribution in [2.24, 2.45) is 11.8 Å². The fraction of sp³-hybridized carbons (Fsp3) is 0.625. The van der Waals surface area contributed by atoms with Gasteiger partial charge in [-0.3, -0.25) is 4.79 Å². The minimum Gasteiger partial charge on any atom is -0.396 e. The Morgan fingerprint density at radius 1 is 1.43 bits per heavy atom. The van der Waals surface area contributed by atoms with Crippen molar-refractivity contribution in [1.29, 1.82) is 5.26 Å². The molecular weight excluding hydrogens is 282 g/mol. The number of hydrogen-bond acceptors (Lipinski definition) is 5. The molecule has 1 fully saturated rings. The van der Waals surface area contributed by atoms with Crippen LogP contribution in [0.4, 0.5) is 10.7 Å². The van der Waals surface area contributed by atoms with Crippen molar-refractivity contribution in [2.45, 2.75) is 40.0 Å². The van der Waals surface area contributed by atoms with Crippen LogP contribution in [0.25, 0.3) is 0 Å². The summed E-state index contributed by atoms with van der Waals surface area (Å²) in [5, 5.41) is 10.3. The average Bonchev–Trinajstić information content (AvgIpc) is 2.62. The first-order valence-electron chi connectivity index (χ1n) is 7.54. The molecule has 21 heavy (non-hydrogen) atoms. The van der Waals surface area contributed by atoms with Gasteiger partial charge < -0.3 is 10.6 Å². The molecule has 1 unspecified atom stereocenters. The Kier molecular flexibility index (Phi) is 4.89. The van der Waals surface area contributed by atoms with Gasteiger partial charge in [0, 0.05) is 20.0 Å². The average molecular weight is 305 g/mol. The monoisotopic (exact) mass is 305 g/mol. The molecule has 1 saturated heterocycles. The number of Topliss-reactive ketones (excluding diaryl/α,β-unsaturated/α-hetero) is 1. The van der Waals surface area contributed by atoms with Crippen molar-refractivity contribution in [3.05, 3.63) is 10.4 Å². The lowest BCUT2D eigenvalue weighted by Gasteiger charge is -2.22. The first-order valence-corrected chi connectivity index (χ1v) is 8.35. The van der Waals surface area contributed by atoms with Gasteiger partial charge in [-0.1, -0.05) is 13.8 Å². The van der Waals surface area contributed by atoms with Crippen LogP contribution in [0, 0.1) is 23.2 Å². The first kappa shape index (κ1) is 15.8. The lowest BCUT2D eigenvalue weighted by molar-refractivity contribution is 0.102. The Balaban J connectivity index is 2.28. The van der Waals surface area contributed by atoms with E-state index in [9.17, 15) is 10.1 Å². The second-order valence-electron chi connectivity index (χ2n) is 6.12. The van der Waals surface area contributed by atoms with Crippen molar-refractivity contribution in [3.8, 4) is 6.07 Å². The van der Waals surface area contributed by atoms with Crippen LogP contribution in [-0.4, -0.2) is 18.9 Å². The van der Waals surface area contributed by atoms with Gasteiger partial charge in [0.25, 0.3) is 0 Å². The molecule has 0 spiro atoms. The van der Waals surface area contributed by atoms with Gasteiger partial charge in [0.15, 0.2) is 5.78 Å². The van der Waals surface area contributed by atoms with E-state index in [0.29, 0.717) is 22.0 Å². The SMILES string of the molecule is CC(=O)c1sc(N2CCCC(C(C)C)CC2)c(C#N)c1N. The molecule has 1 aliphatic rings. The predicted molar refractivity (Wildman–Crippen MR) is 87.8 cm³/mol. The Hall–Kier alpha value is -1.54. The van der Waals surface area contributed by atoms with Crippen molar-refractivity contribution in [2.75, 3.05) is 23.7 Å². The van der Waals surface area contributed by atoms with E-state index in [-0.39, 0.29) is 5.78 Å². The van der Waals surface area contributed by atoms with Crippen LogP contribution >= 0.6 is 11.3 Å². The molecule has 5 heteroatoms. The Bertz CT molecular complexity index is 571. The van der Waals surface area contributed by atoms with E-state index in [1.165, 1.54) is 24.7 Å². The van der Waals surface area contributed by atoms with Gasteiger partial charge in [-0.15, -0.1) is 11.3 Å². The van der Waals surface area contributed by atoms with E-state index in [4.69, 9.17) is 5.73 Å². The molecule has 0 aliphatic carbocycles. The highest BCUT2D eigenvalue weighted by Gasteiger charge is 2.25. The molecule has 1 atom stereocenters. The normalized spacial score (nSPS) is 19.4. The molecule has 4 nitrogen and oxygen atoms in total. The Morgan fingerprint density at radius 2 is 2.14 bits per heavy atom. The molecule has 0 amide bonds. The highest BCUT2D eigenvalue weighted by Crippen LogP contribution is 2.39. The minimum absolute atomic E-state index is 0.0601. The first-order chi connectivity index (χ1) is 9.95. The molecule has 0 radical (unpaired) electrons. The minimum atomic E-state index is -0.0601. The number of hydrogen-bond donors (Lipinski definition) is 1. The molecule has 114 valence electrons. The summed E-state index contributed by atoms with van der Waals surface area (Å²) in [5.74, 6) is 1.38. The van der Waals surface area contributed by atoms with Crippen molar-refractivity contribution in [1.82, 2.24) is 0 Å². The lowest BCUT2D eigenvalue weighted by atomic mass is 9.89. The standard InChI is InChI=1S/C16H23N3OS/c1-10(2)12-5-4-7-19(8-6-12)16-13(9-17)14(18)15(21-16)11(3)20/h10,12H,4-8,18H2,1-3H3. The second-order valence-corrected chi connectivity index (χ2v) is 7.11. The van der Waals surface area contributed by atoms with Gasteiger partial charge >= 0.3 is 0 Å². The van der Waals surface area contributed by atoms with Crippen LogP contribution in [0.1, 0.15) is 55.3 Å². The summed E-state index contributed by atoms with van der Waals surface area (Å²) in [7, 11) is 0. The topological polar surface area (TPSA) is 70.1 Å².